The molecule has 1 fully saturated rings. The lowest BCUT2D eigenvalue weighted by Crippen LogP contribution is -2.34. The third-order valence-electron chi connectivity index (χ3n) is 5.17. The molecule has 1 unspecified atom stereocenters. The molecule has 31 heavy (non-hydrogen) atoms. The zero-order chi connectivity index (χ0) is 22.4. The Morgan fingerprint density at radius 1 is 1.06 bits per heavy atom. The molecule has 4 rings (SSSR count). The molecule has 2 aromatic carbocycles. The molecule has 2 aliphatic heterocycles. The fraction of sp³-hybridized carbons (Fsp3) is 0.304. The van der Waals surface area contributed by atoms with Gasteiger partial charge in [0.25, 0.3) is 0 Å². The second-order valence-corrected chi connectivity index (χ2v) is 8.94. The summed E-state index contributed by atoms with van der Waals surface area (Å²) in [5.41, 5.74) is 1.32. The number of hydrogen-bond acceptors (Lipinski definition) is 5. The first-order valence-electron chi connectivity index (χ1n) is 9.89. The van der Waals surface area contributed by atoms with E-state index in [0.29, 0.717) is 18.1 Å². The quantitative estimate of drug-likeness (QED) is 0.623. The van der Waals surface area contributed by atoms with E-state index in [4.69, 9.17) is 26.6 Å². The first-order chi connectivity index (χ1) is 14.8. The third kappa shape index (κ3) is 6.50. The number of likely N-dealkylation sites (tertiary alicyclic amines) is 1. The van der Waals surface area contributed by atoms with Crippen LogP contribution in [-0.4, -0.2) is 47.2 Å². The molecule has 2 aliphatic rings. The lowest BCUT2D eigenvalue weighted by Gasteiger charge is -2.34. The smallest absolute Gasteiger partial charge is 0.328 e. The molecule has 0 radical (unpaired) electrons. The second kappa shape index (κ2) is 10.7. The lowest BCUT2D eigenvalue weighted by molar-refractivity contribution is -0.134. The fourth-order valence-corrected chi connectivity index (χ4v) is 4.80. The van der Waals surface area contributed by atoms with E-state index in [2.05, 4.69) is 42.3 Å². The van der Waals surface area contributed by atoms with Crippen molar-refractivity contribution in [2.24, 2.45) is 5.92 Å². The van der Waals surface area contributed by atoms with Gasteiger partial charge in [0.1, 0.15) is 11.9 Å². The van der Waals surface area contributed by atoms with Crippen molar-refractivity contribution in [2.75, 3.05) is 20.1 Å². The van der Waals surface area contributed by atoms with E-state index in [9.17, 15) is 9.59 Å². The first kappa shape index (κ1) is 23.2. The number of carboxylic acid groups (broad SMARTS) is 2. The average Bonchev–Trinajstić information content (AvgIpc) is 2.90. The minimum atomic E-state index is -1.26. The van der Waals surface area contributed by atoms with Crippen LogP contribution >= 0.6 is 23.4 Å². The Balaban J connectivity index is 0.000000293. The number of hydrogen-bond donors (Lipinski definition) is 2. The average molecular weight is 462 g/mol. The summed E-state index contributed by atoms with van der Waals surface area (Å²) in [4.78, 5) is 24.0. The van der Waals surface area contributed by atoms with Crippen LogP contribution in [0.5, 0.6) is 5.75 Å². The van der Waals surface area contributed by atoms with Crippen molar-refractivity contribution in [3.63, 3.8) is 0 Å². The molecule has 1 saturated heterocycles. The van der Waals surface area contributed by atoms with Gasteiger partial charge < -0.3 is 19.8 Å². The van der Waals surface area contributed by atoms with Gasteiger partial charge in [0, 0.05) is 33.6 Å². The minimum Gasteiger partial charge on any atom is -0.484 e. The highest BCUT2D eigenvalue weighted by Gasteiger charge is 2.32. The van der Waals surface area contributed by atoms with Crippen LogP contribution in [0, 0.1) is 5.92 Å². The Hall–Kier alpha value is -2.48. The number of rotatable bonds is 3. The minimum absolute atomic E-state index is 0.118. The van der Waals surface area contributed by atoms with Gasteiger partial charge in [-0.3, -0.25) is 0 Å². The van der Waals surface area contributed by atoms with Crippen molar-refractivity contribution in [2.45, 2.75) is 28.7 Å². The molecule has 1 atom stereocenters. The van der Waals surface area contributed by atoms with Gasteiger partial charge in [0.15, 0.2) is 0 Å². The van der Waals surface area contributed by atoms with Gasteiger partial charge in [-0.2, -0.15) is 0 Å². The number of nitrogens with zero attached hydrogens (tertiary/aromatic N) is 1. The maximum Gasteiger partial charge on any atom is 0.328 e. The predicted molar refractivity (Wildman–Crippen MR) is 120 cm³/mol. The Labute approximate surface area is 190 Å². The largest absolute Gasteiger partial charge is 0.484 e. The molecule has 0 spiro atoms. The summed E-state index contributed by atoms with van der Waals surface area (Å²) >= 11 is 7.98. The van der Waals surface area contributed by atoms with Crippen molar-refractivity contribution in [1.29, 1.82) is 0 Å². The van der Waals surface area contributed by atoms with E-state index < -0.39 is 11.9 Å². The Morgan fingerprint density at radius 2 is 1.71 bits per heavy atom. The third-order valence-corrected chi connectivity index (χ3v) is 6.55. The van der Waals surface area contributed by atoms with Crippen molar-refractivity contribution in [3.05, 3.63) is 65.2 Å². The molecule has 164 valence electrons. The number of ether oxygens (including phenoxy) is 1. The van der Waals surface area contributed by atoms with Gasteiger partial charge in [-0.05, 0) is 57.2 Å². The number of piperidine rings is 1. The van der Waals surface area contributed by atoms with Crippen LogP contribution in [-0.2, 0) is 9.59 Å². The van der Waals surface area contributed by atoms with Crippen molar-refractivity contribution >= 4 is 35.3 Å². The molecular formula is C23H24ClNO5S. The number of carbonyl (C=O) groups is 2. The maximum absolute atomic E-state index is 9.55. The Bertz CT molecular complexity index is 956. The number of aliphatic carboxylic acids is 2. The van der Waals surface area contributed by atoms with E-state index in [1.807, 2.05) is 12.1 Å². The summed E-state index contributed by atoms with van der Waals surface area (Å²) in [6, 6.07) is 14.6. The molecular weight excluding hydrogens is 438 g/mol. The molecule has 0 aromatic heterocycles. The van der Waals surface area contributed by atoms with E-state index in [-0.39, 0.29) is 6.10 Å². The van der Waals surface area contributed by atoms with Crippen molar-refractivity contribution in [3.8, 4) is 5.75 Å². The van der Waals surface area contributed by atoms with Crippen molar-refractivity contribution < 1.29 is 24.5 Å². The van der Waals surface area contributed by atoms with Crippen LogP contribution in [0.3, 0.4) is 0 Å². The molecule has 0 saturated carbocycles. The SMILES string of the molecule is CN1CCC(C2Oc3cc(Cl)ccc3Sc3ccccc32)CC1.O=C(O)C=CC(=O)O. The first-order valence-corrected chi connectivity index (χ1v) is 11.1. The van der Waals surface area contributed by atoms with Crippen LogP contribution in [0.25, 0.3) is 0 Å². The van der Waals surface area contributed by atoms with E-state index in [0.717, 1.165) is 28.8 Å². The van der Waals surface area contributed by atoms with Crippen LogP contribution in [0.4, 0.5) is 0 Å². The lowest BCUT2D eigenvalue weighted by atomic mass is 9.87. The van der Waals surface area contributed by atoms with Crippen LogP contribution < -0.4 is 4.74 Å². The van der Waals surface area contributed by atoms with Crippen LogP contribution in [0.15, 0.2) is 64.4 Å². The van der Waals surface area contributed by atoms with Gasteiger partial charge in [-0.15, -0.1) is 0 Å². The number of carboxylic acids is 2. The Kier molecular flexibility index (Phi) is 8.01. The topological polar surface area (TPSA) is 87.1 Å². The molecule has 0 bridgehead atoms. The number of halogens is 1. The molecule has 0 aliphatic carbocycles. The molecule has 0 amide bonds. The summed E-state index contributed by atoms with van der Waals surface area (Å²) in [6.07, 6.45) is 3.59. The summed E-state index contributed by atoms with van der Waals surface area (Å²) in [5.74, 6) is -1.04. The van der Waals surface area contributed by atoms with E-state index >= 15 is 0 Å². The van der Waals surface area contributed by atoms with Crippen molar-refractivity contribution in [1.82, 2.24) is 4.90 Å². The normalized spacial score (nSPS) is 18.7. The summed E-state index contributed by atoms with van der Waals surface area (Å²) < 4.78 is 6.52. The van der Waals surface area contributed by atoms with Gasteiger partial charge in [0.05, 0.1) is 4.90 Å². The second-order valence-electron chi connectivity index (χ2n) is 7.42. The predicted octanol–water partition coefficient (Wildman–Crippen LogP) is 4.98. The molecule has 8 heteroatoms. The van der Waals surface area contributed by atoms with E-state index in [1.165, 1.54) is 23.3 Å². The molecule has 2 N–H and O–H groups in total. The number of fused-ring (bicyclic) bond motifs is 2. The van der Waals surface area contributed by atoms with E-state index in [1.54, 1.807) is 11.8 Å². The standard InChI is InChI=1S/C19H20ClNOS.C4H4O4/c1-21-10-8-13(9-11-21)19-15-4-2-3-5-17(15)23-18-7-6-14(20)12-16(18)22-19;5-3(6)1-2-4(7)8/h2-7,12-13,19H,8-11H2,1H3;1-2H,(H,5,6)(H,7,8). The summed E-state index contributed by atoms with van der Waals surface area (Å²) in [7, 11) is 2.20. The van der Waals surface area contributed by atoms with Crippen LogP contribution in [0.1, 0.15) is 24.5 Å². The summed E-state index contributed by atoms with van der Waals surface area (Å²) in [5, 5.41) is 16.4. The Morgan fingerprint density at radius 3 is 2.35 bits per heavy atom. The zero-order valence-corrected chi connectivity index (χ0v) is 18.6. The molecule has 2 aromatic rings. The number of benzene rings is 2. The monoisotopic (exact) mass is 461 g/mol. The van der Waals surface area contributed by atoms with Gasteiger partial charge in [-0.1, -0.05) is 41.6 Å². The molecule has 6 nitrogen and oxygen atoms in total. The highest BCUT2D eigenvalue weighted by molar-refractivity contribution is 7.99. The van der Waals surface area contributed by atoms with Gasteiger partial charge in [0.2, 0.25) is 0 Å². The zero-order valence-electron chi connectivity index (χ0n) is 17.0. The highest BCUT2D eigenvalue weighted by Crippen LogP contribution is 2.47. The maximum atomic E-state index is 9.55. The molecule has 2 heterocycles. The van der Waals surface area contributed by atoms with Crippen LogP contribution in [0.2, 0.25) is 5.02 Å². The summed E-state index contributed by atoms with van der Waals surface area (Å²) in [6.45, 7) is 2.28. The fourth-order valence-electron chi connectivity index (χ4n) is 3.61. The highest BCUT2D eigenvalue weighted by atomic mass is 35.5. The van der Waals surface area contributed by atoms with Gasteiger partial charge in [-0.25, -0.2) is 9.59 Å². The van der Waals surface area contributed by atoms with Gasteiger partial charge >= 0.3 is 11.9 Å².